The first-order chi connectivity index (χ1) is 13.9. The Kier molecular flexibility index (Phi) is 10.4. The molecule has 0 bridgehead atoms. The van der Waals surface area contributed by atoms with E-state index in [1.165, 1.54) is 0 Å². The number of allylic oxidation sites excluding steroid dienone is 4. The van der Waals surface area contributed by atoms with Crippen LogP contribution in [-0.2, 0) is 20.2 Å². The van der Waals surface area contributed by atoms with Gasteiger partial charge in [0.05, 0.1) is 11.5 Å². The van der Waals surface area contributed by atoms with E-state index in [0.717, 1.165) is 16.9 Å². The van der Waals surface area contributed by atoms with E-state index in [0.29, 0.717) is 18.8 Å². The van der Waals surface area contributed by atoms with E-state index in [4.69, 9.17) is 9.11 Å². The fraction of sp³-hybridized carbons (Fsp3) is 0.450. The van der Waals surface area contributed by atoms with E-state index >= 15 is 0 Å². The molecule has 0 radical (unpaired) electrons. The Balaban J connectivity index is 2.86. The molecular weight excluding hydrogens is 428 g/mol. The lowest BCUT2D eigenvalue weighted by atomic mass is 10.1. The van der Waals surface area contributed by atoms with Gasteiger partial charge in [0.15, 0.2) is 0 Å². The molecule has 0 atom stereocenters. The molecule has 8 nitrogen and oxygen atoms in total. The molecule has 10 heteroatoms. The second-order valence-electron chi connectivity index (χ2n) is 6.91. The molecule has 0 aliphatic rings. The molecule has 0 saturated heterocycles. The third-order valence-electron chi connectivity index (χ3n) is 4.21. The molecule has 0 aliphatic heterocycles. The molecule has 0 saturated carbocycles. The van der Waals surface area contributed by atoms with E-state index in [-0.39, 0.29) is 24.3 Å². The fourth-order valence-electron chi connectivity index (χ4n) is 2.73. The zero-order valence-electron chi connectivity index (χ0n) is 17.5. The van der Waals surface area contributed by atoms with Crippen LogP contribution in [0, 0.1) is 6.92 Å². The van der Waals surface area contributed by atoms with Crippen LogP contribution in [-0.4, -0.2) is 56.2 Å². The lowest BCUT2D eigenvalue weighted by Crippen LogP contribution is -2.25. The molecule has 30 heavy (non-hydrogen) atoms. The van der Waals surface area contributed by atoms with Gasteiger partial charge < -0.3 is 4.90 Å². The van der Waals surface area contributed by atoms with E-state index in [9.17, 15) is 16.8 Å². The summed E-state index contributed by atoms with van der Waals surface area (Å²) in [5.74, 6) is -0.630. The van der Waals surface area contributed by atoms with Crippen molar-refractivity contribution in [2.75, 3.05) is 29.5 Å². The number of aliphatic imine (C=N–C) groups is 1. The van der Waals surface area contributed by atoms with Gasteiger partial charge in [0.2, 0.25) is 0 Å². The first-order valence-corrected chi connectivity index (χ1v) is 12.7. The zero-order valence-corrected chi connectivity index (χ0v) is 19.2. The Morgan fingerprint density at radius 3 is 2.23 bits per heavy atom. The van der Waals surface area contributed by atoms with Gasteiger partial charge in [-0.15, -0.1) is 0 Å². The molecule has 1 aromatic carbocycles. The summed E-state index contributed by atoms with van der Waals surface area (Å²) in [5.41, 5.74) is 3.58. The maximum Gasteiger partial charge on any atom is 0.264 e. The largest absolute Gasteiger partial charge is 0.345 e. The molecule has 0 spiro atoms. The van der Waals surface area contributed by atoms with Crippen molar-refractivity contribution in [3.05, 3.63) is 53.8 Å². The number of rotatable bonds is 12. The number of aryl methyl sites for hydroxylation is 1. The Bertz CT molecular complexity index is 996. The molecule has 0 fully saturated rings. The van der Waals surface area contributed by atoms with E-state index in [1.54, 1.807) is 13.0 Å². The van der Waals surface area contributed by atoms with Crippen molar-refractivity contribution in [2.24, 2.45) is 4.99 Å². The smallest absolute Gasteiger partial charge is 0.264 e. The van der Waals surface area contributed by atoms with E-state index in [2.05, 4.69) is 4.99 Å². The van der Waals surface area contributed by atoms with Crippen LogP contribution in [0.25, 0.3) is 0 Å². The fourth-order valence-corrected chi connectivity index (χ4v) is 3.72. The van der Waals surface area contributed by atoms with E-state index < -0.39 is 20.2 Å². The molecule has 0 aromatic heterocycles. The van der Waals surface area contributed by atoms with Crippen molar-refractivity contribution in [3.63, 3.8) is 0 Å². The Hall–Kier alpha value is -2.01. The minimum atomic E-state index is -4.02. The lowest BCUT2D eigenvalue weighted by Gasteiger charge is -2.27. The van der Waals surface area contributed by atoms with Gasteiger partial charge in [-0.05, 0) is 57.4 Å². The van der Waals surface area contributed by atoms with Crippen LogP contribution in [0.1, 0.15) is 32.3 Å². The van der Waals surface area contributed by atoms with Gasteiger partial charge >= 0.3 is 0 Å². The summed E-state index contributed by atoms with van der Waals surface area (Å²) in [5, 5.41) is 0. The topological polar surface area (TPSA) is 124 Å². The summed E-state index contributed by atoms with van der Waals surface area (Å²) in [6, 6.07) is 7.75. The quantitative estimate of drug-likeness (QED) is 0.213. The number of hydrogen-bond donors (Lipinski definition) is 2. The first kappa shape index (κ1) is 26.0. The second-order valence-corrected chi connectivity index (χ2v) is 10.1. The summed E-state index contributed by atoms with van der Waals surface area (Å²) in [4.78, 5) is 6.22. The van der Waals surface area contributed by atoms with Crippen LogP contribution in [0.4, 0.5) is 5.69 Å². The predicted molar refractivity (Wildman–Crippen MR) is 121 cm³/mol. The van der Waals surface area contributed by atoms with Crippen LogP contribution in [0.5, 0.6) is 0 Å². The molecule has 0 unspecified atom stereocenters. The van der Waals surface area contributed by atoms with Crippen LogP contribution < -0.4 is 4.90 Å². The third-order valence-corrected chi connectivity index (χ3v) is 5.82. The molecule has 168 valence electrons. The average molecular weight is 459 g/mol. The van der Waals surface area contributed by atoms with Gasteiger partial charge in [0, 0.05) is 30.2 Å². The summed E-state index contributed by atoms with van der Waals surface area (Å²) in [7, 11) is -7.98. The van der Waals surface area contributed by atoms with Gasteiger partial charge in [0.25, 0.3) is 20.2 Å². The molecule has 1 aromatic rings. The highest BCUT2D eigenvalue weighted by Gasteiger charge is 2.12. The highest BCUT2D eigenvalue weighted by Crippen LogP contribution is 2.23. The normalized spacial score (nSPS) is 13.8. The number of nitrogens with zero attached hydrogens (tertiary/aromatic N) is 2. The third kappa shape index (κ3) is 11.2. The Labute approximate surface area is 179 Å². The first-order valence-electron chi connectivity index (χ1n) is 9.48. The minimum absolute atomic E-state index is 0.244. The number of hydrogen-bond acceptors (Lipinski definition) is 6. The summed E-state index contributed by atoms with van der Waals surface area (Å²) >= 11 is 0. The van der Waals surface area contributed by atoms with Crippen LogP contribution >= 0.6 is 0 Å². The van der Waals surface area contributed by atoms with Gasteiger partial charge in [-0.2, -0.15) is 16.8 Å². The monoisotopic (exact) mass is 458 g/mol. The van der Waals surface area contributed by atoms with Crippen molar-refractivity contribution in [1.29, 1.82) is 0 Å². The molecule has 0 heterocycles. The SMILES string of the molecule is CC(/C=C/C=C(\C)N(CCCS(=O)(=O)O)c1ccccc1C)=N/CCCS(=O)(=O)O. The lowest BCUT2D eigenvalue weighted by molar-refractivity contribution is 0.479. The van der Waals surface area contributed by atoms with Gasteiger partial charge in [0.1, 0.15) is 0 Å². The van der Waals surface area contributed by atoms with Crippen molar-refractivity contribution < 1.29 is 25.9 Å². The predicted octanol–water partition coefficient (Wildman–Crippen LogP) is 3.28. The van der Waals surface area contributed by atoms with Gasteiger partial charge in [-0.25, -0.2) is 0 Å². The average Bonchev–Trinajstić information content (AvgIpc) is 2.61. The molecular formula is C20H30N2O6S2. The van der Waals surface area contributed by atoms with Crippen molar-refractivity contribution in [2.45, 2.75) is 33.6 Å². The number of benzene rings is 1. The Morgan fingerprint density at radius 2 is 1.63 bits per heavy atom. The van der Waals surface area contributed by atoms with Gasteiger partial charge in [-0.3, -0.25) is 14.1 Å². The zero-order chi connectivity index (χ0) is 22.8. The molecule has 1 rings (SSSR count). The maximum absolute atomic E-state index is 11.0. The van der Waals surface area contributed by atoms with Crippen LogP contribution in [0.15, 0.2) is 53.2 Å². The highest BCUT2D eigenvalue weighted by molar-refractivity contribution is 7.86. The van der Waals surface area contributed by atoms with Crippen LogP contribution in [0.2, 0.25) is 0 Å². The molecule has 0 amide bonds. The van der Waals surface area contributed by atoms with Crippen LogP contribution in [0.3, 0.4) is 0 Å². The molecule has 2 N–H and O–H groups in total. The van der Waals surface area contributed by atoms with Crippen molar-refractivity contribution in [1.82, 2.24) is 0 Å². The summed E-state index contributed by atoms with van der Waals surface area (Å²) in [6.45, 7) is 6.38. The Morgan fingerprint density at radius 1 is 1.03 bits per heavy atom. The van der Waals surface area contributed by atoms with Crippen molar-refractivity contribution in [3.8, 4) is 0 Å². The summed E-state index contributed by atoms with van der Waals surface area (Å²) < 4.78 is 61.2. The maximum atomic E-state index is 11.0. The second kappa shape index (κ2) is 12.0. The highest BCUT2D eigenvalue weighted by atomic mass is 32.2. The summed E-state index contributed by atoms with van der Waals surface area (Å²) in [6.07, 6.45) is 5.98. The number of anilines is 1. The molecule has 0 aliphatic carbocycles. The van der Waals surface area contributed by atoms with Gasteiger partial charge in [-0.1, -0.05) is 24.3 Å². The standard InChI is InChI=1S/C20H30N2O6S2/c1-17-9-4-5-12-20(17)22(14-8-16-30(26,27)28)19(3)11-6-10-18(2)21-13-7-15-29(23,24)25/h4-6,9-12H,7-8,13-16H2,1-3H3,(H,23,24,25)(H,26,27,28)/b10-6+,19-11+,21-18-. The van der Waals surface area contributed by atoms with Crippen molar-refractivity contribution >= 4 is 31.6 Å². The van der Waals surface area contributed by atoms with E-state index in [1.807, 2.05) is 55.2 Å². The number of para-hydroxylation sites is 1. The minimum Gasteiger partial charge on any atom is -0.345 e.